The van der Waals surface area contributed by atoms with E-state index in [4.69, 9.17) is 11.0 Å². The van der Waals surface area contributed by atoms with E-state index in [9.17, 15) is 17.6 Å². The second-order valence-corrected chi connectivity index (χ2v) is 2.37. The number of alkyl halides is 3. The molecule has 0 aliphatic carbocycles. The van der Waals surface area contributed by atoms with E-state index in [1.54, 1.807) is 0 Å². The van der Waals surface area contributed by atoms with Crippen molar-refractivity contribution in [3.05, 3.63) is 17.4 Å². The van der Waals surface area contributed by atoms with Crippen LogP contribution in [-0.2, 0) is 0 Å². The highest BCUT2D eigenvalue weighted by molar-refractivity contribution is 5.45. The van der Waals surface area contributed by atoms with Gasteiger partial charge in [-0.15, -0.1) is 13.2 Å². The minimum Gasteiger partial charge on any atom is -0.386 e. The third-order valence-electron chi connectivity index (χ3n) is 1.30. The first-order chi connectivity index (χ1) is 6.83. The Hall–Kier alpha value is -2.04. The maximum atomic E-state index is 12.7. The molecule has 1 aromatic heterocycles. The lowest BCUT2D eigenvalue weighted by molar-refractivity contribution is -0.276. The Kier molecular flexibility index (Phi) is 2.65. The van der Waals surface area contributed by atoms with Crippen LogP contribution in [0, 0.1) is 17.1 Å². The van der Waals surface area contributed by atoms with Gasteiger partial charge in [-0.1, -0.05) is 0 Å². The standard InChI is InChI=1S/C7H3F4N3O/c8-4-1-3(2-12)6(14-5(4)13)15-7(9,10)11/h1H,(H2,13,14). The average Bonchev–Trinajstić information content (AvgIpc) is 2.08. The Morgan fingerprint density at radius 1 is 1.47 bits per heavy atom. The van der Waals surface area contributed by atoms with Crippen molar-refractivity contribution in [3.63, 3.8) is 0 Å². The number of hydrogen-bond acceptors (Lipinski definition) is 4. The van der Waals surface area contributed by atoms with Crippen molar-refractivity contribution in [1.29, 1.82) is 5.26 Å². The van der Waals surface area contributed by atoms with Gasteiger partial charge in [-0.05, 0) is 0 Å². The normalized spacial score (nSPS) is 10.9. The first kappa shape index (κ1) is 11.0. The van der Waals surface area contributed by atoms with Gasteiger partial charge in [-0.3, -0.25) is 0 Å². The van der Waals surface area contributed by atoms with Gasteiger partial charge in [0.15, 0.2) is 11.6 Å². The number of anilines is 1. The van der Waals surface area contributed by atoms with E-state index in [-0.39, 0.29) is 0 Å². The number of nitrogen functional groups attached to an aromatic ring is 1. The van der Waals surface area contributed by atoms with Crippen LogP contribution >= 0.6 is 0 Å². The highest BCUT2D eigenvalue weighted by Crippen LogP contribution is 2.26. The molecule has 0 aromatic carbocycles. The van der Waals surface area contributed by atoms with E-state index in [0.29, 0.717) is 6.07 Å². The third kappa shape index (κ3) is 2.70. The largest absolute Gasteiger partial charge is 0.574 e. The van der Waals surface area contributed by atoms with Gasteiger partial charge < -0.3 is 10.5 Å². The number of nitrogens with two attached hydrogens (primary N) is 1. The fourth-order valence-electron chi connectivity index (χ4n) is 0.753. The summed E-state index contributed by atoms with van der Waals surface area (Å²) in [6, 6.07) is 1.82. The summed E-state index contributed by atoms with van der Waals surface area (Å²) in [5.74, 6) is -2.92. The molecular formula is C7H3F4N3O. The number of aromatic nitrogens is 1. The summed E-state index contributed by atoms with van der Waals surface area (Å²) < 4.78 is 51.4. The Balaban J connectivity index is 3.18. The SMILES string of the molecule is N#Cc1cc(F)c(N)nc1OC(F)(F)F. The van der Waals surface area contributed by atoms with E-state index < -0.39 is 29.4 Å². The lowest BCUT2D eigenvalue weighted by Crippen LogP contribution is -2.19. The highest BCUT2D eigenvalue weighted by atomic mass is 19.4. The second-order valence-electron chi connectivity index (χ2n) is 2.37. The van der Waals surface area contributed by atoms with Gasteiger partial charge in [0.25, 0.3) is 0 Å². The lowest BCUT2D eigenvalue weighted by atomic mass is 10.3. The van der Waals surface area contributed by atoms with Crippen molar-refractivity contribution in [2.45, 2.75) is 6.36 Å². The van der Waals surface area contributed by atoms with Gasteiger partial charge in [0.1, 0.15) is 11.6 Å². The van der Waals surface area contributed by atoms with Crippen LogP contribution in [0.2, 0.25) is 0 Å². The van der Waals surface area contributed by atoms with E-state index in [2.05, 4.69) is 9.72 Å². The first-order valence-electron chi connectivity index (χ1n) is 3.45. The van der Waals surface area contributed by atoms with E-state index in [1.165, 1.54) is 6.07 Å². The monoisotopic (exact) mass is 221 g/mol. The van der Waals surface area contributed by atoms with Gasteiger partial charge in [-0.2, -0.15) is 10.2 Å². The van der Waals surface area contributed by atoms with E-state index in [0.717, 1.165) is 0 Å². The molecular weight excluding hydrogens is 218 g/mol. The molecule has 15 heavy (non-hydrogen) atoms. The molecule has 0 saturated carbocycles. The van der Waals surface area contributed by atoms with Crippen molar-refractivity contribution in [1.82, 2.24) is 4.98 Å². The molecule has 0 radical (unpaired) electrons. The molecule has 0 spiro atoms. The van der Waals surface area contributed by atoms with Crippen LogP contribution in [0.15, 0.2) is 6.07 Å². The molecule has 0 aliphatic heterocycles. The molecule has 1 aromatic rings. The molecule has 2 N–H and O–H groups in total. The number of pyridine rings is 1. The van der Waals surface area contributed by atoms with Crippen LogP contribution in [0.4, 0.5) is 23.4 Å². The Morgan fingerprint density at radius 2 is 2.07 bits per heavy atom. The third-order valence-corrected chi connectivity index (χ3v) is 1.30. The summed E-state index contributed by atoms with van der Waals surface area (Å²) >= 11 is 0. The number of ether oxygens (including phenoxy) is 1. The van der Waals surface area contributed by atoms with E-state index >= 15 is 0 Å². The molecule has 0 amide bonds. The summed E-state index contributed by atoms with van der Waals surface area (Å²) in [5, 5.41) is 8.39. The molecule has 0 saturated heterocycles. The fourth-order valence-corrected chi connectivity index (χ4v) is 0.753. The van der Waals surface area contributed by atoms with Gasteiger partial charge >= 0.3 is 6.36 Å². The summed E-state index contributed by atoms with van der Waals surface area (Å²) in [6.07, 6.45) is -5.01. The molecule has 1 heterocycles. The first-order valence-corrected chi connectivity index (χ1v) is 3.45. The van der Waals surface area contributed by atoms with Crippen LogP contribution in [0.5, 0.6) is 5.88 Å². The smallest absolute Gasteiger partial charge is 0.386 e. The summed E-state index contributed by atoms with van der Waals surface area (Å²) in [6.45, 7) is 0. The second kappa shape index (κ2) is 3.61. The maximum absolute atomic E-state index is 12.7. The quantitative estimate of drug-likeness (QED) is 0.730. The van der Waals surface area contributed by atoms with Crippen molar-refractivity contribution >= 4 is 5.82 Å². The zero-order valence-corrected chi connectivity index (χ0v) is 6.97. The number of nitriles is 1. The molecule has 4 nitrogen and oxygen atoms in total. The molecule has 80 valence electrons. The number of halogens is 4. The predicted octanol–water partition coefficient (Wildman–Crippen LogP) is 1.57. The van der Waals surface area contributed by atoms with E-state index in [1.807, 2.05) is 0 Å². The van der Waals surface area contributed by atoms with Gasteiger partial charge in [0, 0.05) is 6.07 Å². The van der Waals surface area contributed by atoms with Crippen LogP contribution < -0.4 is 10.5 Å². The lowest BCUT2D eigenvalue weighted by Gasteiger charge is -2.09. The topological polar surface area (TPSA) is 71.9 Å². The Morgan fingerprint density at radius 3 is 2.53 bits per heavy atom. The van der Waals surface area contributed by atoms with Gasteiger partial charge in [-0.25, -0.2) is 4.39 Å². The zero-order valence-electron chi connectivity index (χ0n) is 6.97. The number of rotatable bonds is 1. The molecule has 1 rings (SSSR count). The van der Waals surface area contributed by atoms with Crippen molar-refractivity contribution < 1.29 is 22.3 Å². The van der Waals surface area contributed by atoms with Crippen molar-refractivity contribution in [3.8, 4) is 11.9 Å². The molecule has 8 heteroatoms. The van der Waals surface area contributed by atoms with Gasteiger partial charge in [0.05, 0.1) is 0 Å². The molecule has 0 bridgehead atoms. The minimum atomic E-state index is -5.01. The van der Waals surface area contributed by atoms with Crippen LogP contribution in [0.3, 0.4) is 0 Å². The minimum absolute atomic E-state index is 0.517. The maximum Gasteiger partial charge on any atom is 0.574 e. The average molecular weight is 221 g/mol. The predicted molar refractivity (Wildman–Crippen MR) is 40.0 cm³/mol. The zero-order chi connectivity index (χ0) is 11.6. The Bertz CT molecular complexity index is 423. The summed E-state index contributed by atoms with van der Waals surface area (Å²) in [7, 11) is 0. The molecule has 0 fully saturated rings. The van der Waals surface area contributed by atoms with Crippen molar-refractivity contribution in [2.24, 2.45) is 0 Å². The van der Waals surface area contributed by atoms with Crippen molar-refractivity contribution in [2.75, 3.05) is 5.73 Å². The van der Waals surface area contributed by atoms with Gasteiger partial charge in [0.2, 0.25) is 5.88 Å². The molecule has 0 aliphatic rings. The van der Waals surface area contributed by atoms with Crippen LogP contribution in [0.1, 0.15) is 5.56 Å². The molecule has 0 atom stereocenters. The number of nitrogens with zero attached hydrogens (tertiary/aromatic N) is 2. The Labute approximate surface area is 80.9 Å². The van der Waals surface area contributed by atoms with Crippen LogP contribution in [-0.4, -0.2) is 11.3 Å². The van der Waals surface area contributed by atoms with Crippen LogP contribution in [0.25, 0.3) is 0 Å². The molecule has 0 unspecified atom stereocenters. The highest BCUT2D eigenvalue weighted by Gasteiger charge is 2.33. The summed E-state index contributed by atoms with van der Waals surface area (Å²) in [4.78, 5) is 2.97. The summed E-state index contributed by atoms with van der Waals surface area (Å²) in [5.41, 5.74) is 4.24. The number of hydrogen-bond donors (Lipinski definition) is 1. The fraction of sp³-hybridized carbons (Fsp3) is 0.143.